The molecule has 3 aromatic rings. The minimum absolute atomic E-state index is 0.154. The average molecular weight is 510 g/mol. The van der Waals surface area contributed by atoms with E-state index < -0.39 is 5.97 Å². The van der Waals surface area contributed by atoms with Gasteiger partial charge in [0.2, 0.25) is 0 Å². The number of hydrogen-bond acceptors (Lipinski definition) is 5. The maximum atomic E-state index is 11.3. The highest BCUT2D eigenvalue weighted by Gasteiger charge is 2.44. The fraction of sp³-hybridized carbons (Fsp3) is 0.370. The molecule has 2 fully saturated rings. The fourth-order valence-corrected chi connectivity index (χ4v) is 6.03. The number of halogens is 2. The van der Waals surface area contributed by atoms with Crippen LogP contribution in [0.4, 0.5) is 5.82 Å². The minimum atomic E-state index is -0.942. The van der Waals surface area contributed by atoms with E-state index in [4.69, 9.17) is 27.7 Å². The van der Waals surface area contributed by atoms with Crippen molar-refractivity contribution in [2.75, 3.05) is 18.0 Å². The molecule has 3 heterocycles. The second-order valence-corrected chi connectivity index (χ2v) is 10.8. The van der Waals surface area contributed by atoms with Gasteiger partial charge in [0.1, 0.15) is 17.3 Å². The number of benzene rings is 1. The molecule has 0 bridgehead atoms. The number of piperidine rings is 1. The first-order valence-corrected chi connectivity index (χ1v) is 12.7. The highest BCUT2D eigenvalue weighted by Crippen LogP contribution is 2.56. The van der Waals surface area contributed by atoms with Crippen LogP contribution in [0.1, 0.15) is 65.3 Å². The zero-order chi connectivity index (χ0) is 24.3. The lowest BCUT2D eigenvalue weighted by atomic mass is 9.63. The standard InChI is InChI=1S/C27H25Cl2N3O3/c1-15-11-21(30-14-18(15)26(33)34)32-9-7-27(8-10-32)12-17(13-27)22-24(31-35-25(22)16-5-6-16)23-19(28)3-2-4-20(23)29/h2-4,11-12,14,16H,5-10,13H2,1H3,(H,33,34). The van der Waals surface area contributed by atoms with Gasteiger partial charge in [0.25, 0.3) is 0 Å². The van der Waals surface area contributed by atoms with Crippen LogP contribution in [-0.4, -0.2) is 34.3 Å². The molecule has 2 aromatic heterocycles. The van der Waals surface area contributed by atoms with Gasteiger partial charge in [-0.1, -0.05) is 40.5 Å². The van der Waals surface area contributed by atoms with Crippen molar-refractivity contribution in [3.05, 3.63) is 69.0 Å². The number of aromatic nitrogens is 2. The van der Waals surface area contributed by atoms with Crippen LogP contribution in [0, 0.1) is 12.3 Å². The number of anilines is 1. The molecule has 0 amide bonds. The summed E-state index contributed by atoms with van der Waals surface area (Å²) in [6.45, 7) is 3.58. The number of rotatable bonds is 5. The van der Waals surface area contributed by atoms with E-state index in [1.54, 1.807) is 0 Å². The van der Waals surface area contributed by atoms with E-state index in [9.17, 15) is 9.90 Å². The van der Waals surface area contributed by atoms with E-state index in [1.165, 1.54) is 11.8 Å². The Morgan fingerprint density at radius 3 is 2.46 bits per heavy atom. The van der Waals surface area contributed by atoms with Gasteiger partial charge in [0.05, 0.1) is 15.6 Å². The summed E-state index contributed by atoms with van der Waals surface area (Å²) in [6, 6.07) is 7.39. The van der Waals surface area contributed by atoms with Crippen molar-refractivity contribution in [3.8, 4) is 11.3 Å². The molecule has 1 aliphatic heterocycles. The molecule has 8 heteroatoms. The van der Waals surface area contributed by atoms with Crippen LogP contribution >= 0.6 is 23.2 Å². The minimum Gasteiger partial charge on any atom is -0.478 e. The highest BCUT2D eigenvalue weighted by atomic mass is 35.5. The van der Waals surface area contributed by atoms with Crippen LogP contribution in [0.2, 0.25) is 10.0 Å². The summed E-state index contributed by atoms with van der Waals surface area (Å²) < 4.78 is 5.86. The second-order valence-electron chi connectivity index (χ2n) is 10.00. The number of nitrogens with zero attached hydrogens (tertiary/aromatic N) is 3. The predicted molar refractivity (Wildman–Crippen MR) is 136 cm³/mol. The normalized spacial score (nSPS) is 18.9. The third-order valence-electron chi connectivity index (χ3n) is 7.62. The molecule has 1 spiro atoms. The molecule has 6 rings (SSSR count). The largest absolute Gasteiger partial charge is 0.478 e. The Labute approximate surface area is 213 Å². The Kier molecular flexibility index (Phi) is 5.42. The molecule has 1 saturated carbocycles. The Hall–Kier alpha value is -2.83. The van der Waals surface area contributed by atoms with E-state index in [2.05, 4.69) is 21.1 Å². The predicted octanol–water partition coefficient (Wildman–Crippen LogP) is 7.00. The second kappa shape index (κ2) is 8.38. The van der Waals surface area contributed by atoms with Gasteiger partial charge >= 0.3 is 5.97 Å². The van der Waals surface area contributed by atoms with E-state index in [0.717, 1.165) is 79.2 Å². The van der Waals surface area contributed by atoms with E-state index in [0.29, 0.717) is 16.0 Å². The van der Waals surface area contributed by atoms with Crippen LogP contribution in [0.5, 0.6) is 0 Å². The van der Waals surface area contributed by atoms with E-state index in [1.807, 2.05) is 31.2 Å². The van der Waals surface area contributed by atoms with E-state index in [-0.39, 0.29) is 11.0 Å². The van der Waals surface area contributed by atoms with Gasteiger partial charge in [-0.2, -0.15) is 0 Å². The van der Waals surface area contributed by atoms with Crippen LogP contribution in [-0.2, 0) is 0 Å². The van der Waals surface area contributed by atoms with Crippen molar-refractivity contribution >= 4 is 40.6 Å². The molecule has 180 valence electrons. The summed E-state index contributed by atoms with van der Waals surface area (Å²) in [5.41, 5.74) is 4.98. The van der Waals surface area contributed by atoms with Crippen molar-refractivity contribution in [3.63, 3.8) is 0 Å². The molecule has 1 N–H and O–H groups in total. The summed E-state index contributed by atoms with van der Waals surface area (Å²) in [6.07, 6.45) is 9.13. The van der Waals surface area contributed by atoms with Crippen LogP contribution in [0.3, 0.4) is 0 Å². The molecule has 0 atom stereocenters. The van der Waals surface area contributed by atoms with Crippen LogP contribution in [0.15, 0.2) is 41.1 Å². The van der Waals surface area contributed by atoms with Gasteiger partial charge in [-0.15, -0.1) is 0 Å². The van der Waals surface area contributed by atoms with Crippen LogP contribution < -0.4 is 4.90 Å². The fourth-order valence-electron chi connectivity index (χ4n) is 5.45. The Bertz CT molecular complexity index is 1350. The zero-order valence-corrected chi connectivity index (χ0v) is 20.9. The summed E-state index contributed by atoms with van der Waals surface area (Å²) >= 11 is 13.1. The van der Waals surface area contributed by atoms with Gasteiger partial charge < -0.3 is 14.5 Å². The summed E-state index contributed by atoms with van der Waals surface area (Å²) in [5, 5.41) is 14.9. The Morgan fingerprint density at radius 1 is 1.17 bits per heavy atom. The maximum absolute atomic E-state index is 11.3. The van der Waals surface area contributed by atoms with Crippen molar-refractivity contribution in [2.45, 2.75) is 44.9 Å². The number of carboxylic acid groups (broad SMARTS) is 1. The molecule has 1 aromatic carbocycles. The highest BCUT2D eigenvalue weighted by molar-refractivity contribution is 6.39. The van der Waals surface area contributed by atoms with E-state index >= 15 is 0 Å². The lowest BCUT2D eigenvalue weighted by Crippen LogP contribution is -2.42. The van der Waals surface area contributed by atoms with Crippen molar-refractivity contribution in [2.24, 2.45) is 5.41 Å². The van der Waals surface area contributed by atoms with Gasteiger partial charge in [0.15, 0.2) is 0 Å². The zero-order valence-electron chi connectivity index (χ0n) is 19.4. The summed E-state index contributed by atoms with van der Waals surface area (Å²) in [5.74, 6) is 1.29. The Morgan fingerprint density at radius 2 is 1.86 bits per heavy atom. The topological polar surface area (TPSA) is 79.5 Å². The first kappa shape index (κ1) is 22.6. The first-order chi connectivity index (χ1) is 16.8. The third-order valence-corrected chi connectivity index (χ3v) is 8.25. The third kappa shape index (κ3) is 3.93. The van der Waals surface area contributed by atoms with Gasteiger partial charge in [-0.25, -0.2) is 9.78 Å². The molecule has 0 unspecified atom stereocenters. The average Bonchev–Trinajstić information content (AvgIpc) is 3.57. The summed E-state index contributed by atoms with van der Waals surface area (Å²) in [4.78, 5) is 18.0. The molecule has 6 nitrogen and oxygen atoms in total. The lowest BCUT2D eigenvalue weighted by molar-refractivity contribution is 0.0695. The molecular weight excluding hydrogens is 485 g/mol. The smallest absolute Gasteiger partial charge is 0.337 e. The maximum Gasteiger partial charge on any atom is 0.337 e. The molecule has 35 heavy (non-hydrogen) atoms. The quantitative estimate of drug-likeness (QED) is 0.398. The van der Waals surface area contributed by atoms with Gasteiger partial charge in [-0.05, 0) is 73.8 Å². The first-order valence-electron chi connectivity index (χ1n) is 12.0. The van der Waals surface area contributed by atoms with Crippen molar-refractivity contribution in [1.29, 1.82) is 0 Å². The molecule has 2 aliphatic carbocycles. The molecular formula is C27H25Cl2N3O3. The monoisotopic (exact) mass is 509 g/mol. The Balaban J connectivity index is 1.25. The van der Waals surface area contributed by atoms with Gasteiger partial charge in [0, 0.05) is 36.3 Å². The van der Waals surface area contributed by atoms with Gasteiger partial charge in [-0.3, -0.25) is 0 Å². The number of carboxylic acids is 1. The van der Waals surface area contributed by atoms with Crippen LogP contribution in [0.25, 0.3) is 16.8 Å². The molecule has 3 aliphatic rings. The number of aromatic carboxylic acids is 1. The molecule has 0 radical (unpaired) electrons. The number of hydrogen-bond donors (Lipinski definition) is 1. The SMILES string of the molecule is Cc1cc(N2CCC3(C=C(c4c(-c5c(Cl)cccc5Cl)noc4C4CC4)C3)CC2)ncc1C(=O)O. The number of pyridine rings is 1. The number of carbonyl (C=O) groups is 1. The van der Waals surface area contributed by atoms with Crippen molar-refractivity contribution in [1.82, 2.24) is 10.1 Å². The number of allylic oxidation sites excluding steroid dienone is 2. The van der Waals surface area contributed by atoms with Crippen molar-refractivity contribution < 1.29 is 14.4 Å². The molecule has 1 saturated heterocycles. The summed E-state index contributed by atoms with van der Waals surface area (Å²) in [7, 11) is 0. The number of aryl methyl sites for hydroxylation is 1. The lowest BCUT2D eigenvalue weighted by Gasteiger charge is -2.46.